The van der Waals surface area contributed by atoms with Gasteiger partial charge in [-0.25, -0.2) is 0 Å². The monoisotopic (exact) mass is 93.0 g/mol. The van der Waals surface area contributed by atoms with Crippen LogP contribution in [0.3, 0.4) is 0 Å². The van der Waals surface area contributed by atoms with Gasteiger partial charge in [-0.1, -0.05) is 12.1 Å². The Morgan fingerprint density at radius 3 is 2.71 bits per heavy atom. The van der Waals surface area contributed by atoms with Crippen molar-refractivity contribution in [1.29, 1.82) is 0 Å². The Morgan fingerprint density at radius 1 is 1.57 bits per heavy atom. The Kier molecular flexibility index (Phi) is 0.984. The molecule has 0 amide bonds. The van der Waals surface area contributed by atoms with Gasteiger partial charge in [-0.05, 0) is 18.2 Å². The van der Waals surface area contributed by atoms with Gasteiger partial charge in [0.25, 0.3) is 0 Å². The van der Waals surface area contributed by atoms with Gasteiger partial charge in [0.2, 0.25) is 0 Å². The smallest absolute Gasteiger partial charge is 0.116 e. The molecule has 0 spiro atoms. The molecule has 1 rings (SSSR count). The molecule has 35 valence electrons. The molecule has 0 saturated heterocycles. The number of benzene rings is 1. The molecule has 0 bridgehead atoms. The standard InChI is InChI=1S/C6H5O/c7-6-4-2-1-3-5-6/h1-2,4-5,7H. The Hall–Kier alpha value is -0.980. The molecule has 0 saturated carbocycles. The Balaban J connectivity index is 3.02. The van der Waals surface area contributed by atoms with E-state index in [4.69, 9.17) is 5.11 Å². The SMILES string of the molecule is Oc1c[c]ccc1. The summed E-state index contributed by atoms with van der Waals surface area (Å²) in [6.07, 6.45) is 0. The normalized spacial score (nSPS) is 8.57. The molecule has 0 heterocycles. The lowest BCUT2D eigenvalue weighted by molar-refractivity contribution is 0.475. The Labute approximate surface area is 42.2 Å². The highest BCUT2D eigenvalue weighted by atomic mass is 16.3. The second-order valence-corrected chi connectivity index (χ2v) is 1.26. The molecule has 0 unspecified atom stereocenters. The van der Waals surface area contributed by atoms with Crippen LogP contribution in [0.15, 0.2) is 24.3 Å². The second kappa shape index (κ2) is 1.65. The lowest BCUT2D eigenvalue weighted by Gasteiger charge is -1.81. The number of aromatic hydroxyl groups is 1. The summed E-state index contributed by atoms with van der Waals surface area (Å²) in [5, 5.41) is 8.60. The van der Waals surface area contributed by atoms with E-state index in [1.807, 2.05) is 0 Å². The molecule has 1 N–H and O–H groups in total. The molecular formula is C6H5O. The highest BCUT2D eigenvalue weighted by Crippen LogP contribution is 2.02. The summed E-state index contributed by atoms with van der Waals surface area (Å²) in [5.41, 5.74) is 0. The average molecular weight is 93.1 g/mol. The zero-order valence-corrected chi connectivity index (χ0v) is 3.76. The molecule has 0 aliphatic carbocycles. The molecular weight excluding hydrogens is 88.1 g/mol. The number of hydrogen-bond acceptors (Lipinski definition) is 1. The van der Waals surface area contributed by atoms with Gasteiger partial charge in [-0.2, -0.15) is 0 Å². The number of phenols is 1. The van der Waals surface area contributed by atoms with E-state index in [1.54, 1.807) is 18.2 Å². The maximum absolute atomic E-state index is 8.60. The molecule has 7 heavy (non-hydrogen) atoms. The summed E-state index contributed by atoms with van der Waals surface area (Å²) in [6, 6.07) is 9.30. The summed E-state index contributed by atoms with van der Waals surface area (Å²) >= 11 is 0. The number of phenolic OH excluding ortho intramolecular Hbond substituents is 1. The van der Waals surface area contributed by atoms with Crippen molar-refractivity contribution in [1.82, 2.24) is 0 Å². The number of rotatable bonds is 0. The molecule has 0 fully saturated rings. The van der Waals surface area contributed by atoms with Crippen molar-refractivity contribution in [3.05, 3.63) is 30.3 Å². The minimum atomic E-state index is 0.266. The maximum atomic E-state index is 8.60. The van der Waals surface area contributed by atoms with E-state index in [-0.39, 0.29) is 5.75 Å². The van der Waals surface area contributed by atoms with Crippen LogP contribution in [0.1, 0.15) is 0 Å². The topological polar surface area (TPSA) is 20.2 Å². The van der Waals surface area contributed by atoms with Crippen LogP contribution in [0.4, 0.5) is 0 Å². The quantitative estimate of drug-likeness (QED) is 0.510. The van der Waals surface area contributed by atoms with Crippen molar-refractivity contribution in [2.75, 3.05) is 0 Å². The first-order valence-corrected chi connectivity index (χ1v) is 2.04. The van der Waals surface area contributed by atoms with E-state index < -0.39 is 0 Å². The van der Waals surface area contributed by atoms with Gasteiger partial charge < -0.3 is 5.11 Å². The van der Waals surface area contributed by atoms with Gasteiger partial charge in [0.1, 0.15) is 5.75 Å². The van der Waals surface area contributed by atoms with Crippen molar-refractivity contribution >= 4 is 0 Å². The van der Waals surface area contributed by atoms with Crippen molar-refractivity contribution in [3.8, 4) is 5.75 Å². The molecule has 0 aromatic heterocycles. The van der Waals surface area contributed by atoms with Crippen molar-refractivity contribution in [2.24, 2.45) is 0 Å². The zero-order valence-electron chi connectivity index (χ0n) is 3.76. The van der Waals surface area contributed by atoms with Gasteiger partial charge in [-0.15, -0.1) is 0 Å². The molecule has 0 aliphatic rings. The third-order valence-corrected chi connectivity index (χ3v) is 0.691. The third-order valence-electron chi connectivity index (χ3n) is 0.691. The average Bonchev–Trinajstić information content (AvgIpc) is 1.69. The highest BCUT2D eigenvalue weighted by molar-refractivity contribution is 5.17. The van der Waals surface area contributed by atoms with E-state index in [9.17, 15) is 0 Å². The first-order valence-electron chi connectivity index (χ1n) is 2.04. The minimum absolute atomic E-state index is 0.266. The lowest BCUT2D eigenvalue weighted by Crippen LogP contribution is -1.57. The van der Waals surface area contributed by atoms with E-state index >= 15 is 0 Å². The lowest BCUT2D eigenvalue weighted by atomic mass is 10.3. The fraction of sp³-hybridized carbons (Fsp3) is 0. The summed E-state index contributed by atoms with van der Waals surface area (Å²) < 4.78 is 0. The van der Waals surface area contributed by atoms with Gasteiger partial charge in [0, 0.05) is 0 Å². The minimum Gasteiger partial charge on any atom is -0.508 e. The Morgan fingerprint density at radius 2 is 2.43 bits per heavy atom. The van der Waals surface area contributed by atoms with Crippen molar-refractivity contribution in [3.63, 3.8) is 0 Å². The highest BCUT2D eigenvalue weighted by Gasteiger charge is 1.75. The van der Waals surface area contributed by atoms with Crippen LogP contribution in [0, 0.1) is 6.07 Å². The molecule has 1 heteroatoms. The van der Waals surface area contributed by atoms with Gasteiger partial charge in [0.15, 0.2) is 0 Å². The molecule has 1 aromatic carbocycles. The summed E-state index contributed by atoms with van der Waals surface area (Å²) in [6.45, 7) is 0. The van der Waals surface area contributed by atoms with Gasteiger partial charge in [-0.3, -0.25) is 0 Å². The molecule has 1 nitrogen and oxygen atoms in total. The van der Waals surface area contributed by atoms with Crippen LogP contribution >= 0.6 is 0 Å². The number of hydrogen-bond donors (Lipinski definition) is 1. The fourth-order valence-electron chi connectivity index (χ4n) is 0.384. The third kappa shape index (κ3) is 0.929. The predicted molar refractivity (Wildman–Crippen MR) is 26.9 cm³/mol. The van der Waals surface area contributed by atoms with Gasteiger partial charge >= 0.3 is 0 Å². The van der Waals surface area contributed by atoms with Crippen LogP contribution in [-0.2, 0) is 0 Å². The first kappa shape index (κ1) is 4.19. The van der Waals surface area contributed by atoms with E-state index in [0.717, 1.165) is 0 Å². The van der Waals surface area contributed by atoms with Crippen LogP contribution in [0.25, 0.3) is 0 Å². The summed E-state index contributed by atoms with van der Waals surface area (Å²) in [7, 11) is 0. The van der Waals surface area contributed by atoms with Crippen molar-refractivity contribution < 1.29 is 5.11 Å². The molecule has 1 radical (unpaired) electrons. The summed E-state index contributed by atoms with van der Waals surface area (Å²) in [5.74, 6) is 0.266. The van der Waals surface area contributed by atoms with Crippen LogP contribution in [-0.4, -0.2) is 5.11 Å². The summed E-state index contributed by atoms with van der Waals surface area (Å²) in [4.78, 5) is 0. The van der Waals surface area contributed by atoms with E-state index in [1.165, 1.54) is 6.07 Å². The van der Waals surface area contributed by atoms with Crippen LogP contribution < -0.4 is 0 Å². The largest absolute Gasteiger partial charge is 0.508 e. The van der Waals surface area contributed by atoms with Crippen LogP contribution in [0.5, 0.6) is 5.75 Å². The zero-order chi connectivity index (χ0) is 5.11. The van der Waals surface area contributed by atoms with Crippen LogP contribution in [0.2, 0.25) is 0 Å². The molecule has 0 aliphatic heterocycles. The first-order chi connectivity index (χ1) is 3.39. The molecule has 1 aromatic rings. The molecule has 0 atom stereocenters. The maximum Gasteiger partial charge on any atom is 0.116 e. The van der Waals surface area contributed by atoms with E-state index in [0.29, 0.717) is 0 Å². The second-order valence-electron chi connectivity index (χ2n) is 1.26. The van der Waals surface area contributed by atoms with Gasteiger partial charge in [0.05, 0.1) is 0 Å². The van der Waals surface area contributed by atoms with Crippen molar-refractivity contribution in [2.45, 2.75) is 0 Å². The van der Waals surface area contributed by atoms with E-state index in [2.05, 4.69) is 6.07 Å². The predicted octanol–water partition coefficient (Wildman–Crippen LogP) is 1.19. The Bertz CT molecular complexity index is 134. The fourth-order valence-corrected chi connectivity index (χ4v) is 0.384.